The van der Waals surface area contributed by atoms with Gasteiger partial charge in [-0.15, -0.1) is 0 Å². The van der Waals surface area contributed by atoms with Gasteiger partial charge in [-0.1, -0.05) is 6.07 Å². The first-order chi connectivity index (χ1) is 8.70. The molecule has 0 amide bonds. The normalized spacial score (nSPS) is 10.3. The number of rotatable bonds is 5. The summed E-state index contributed by atoms with van der Waals surface area (Å²) in [6, 6.07) is 8.81. The molecule has 2 aromatic heterocycles. The number of hydrogen-bond acceptors (Lipinski definition) is 4. The Hall–Kier alpha value is -2.30. The van der Waals surface area contributed by atoms with Gasteiger partial charge in [-0.3, -0.25) is 4.98 Å². The Kier molecular flexibility index (Phi) is 3.62. The van der Waals surface area contributed by atoms with Gasteiger partial charge in [0.1, 0.15) is 0 Å². The number of carboxylic acid groups (broad SMARTS) is 1. The number of anilines is 1. The molecule has 2 rings (SSSR count). The zero-order chi connectivity index (χ0) is 13.0. The van der Waals surface area contributed by atoms with Crippen LogP contribution in [0.5, 0.6) is 0 Å². The van der Waals surface area contributed by atoms with E-state index in [0.717, 1.165) is 5.69 Å². The zero-order valence-corrected chi connectivity index (χ0v) is 10.0. The minimum atomic E-state index is -1.06. The lowest BCUT2D eigenvalue weighted by Crippen LogP contribution is -2.22. The van der Waals surface area contributed by atoms with Gasteiger partial charge in [-0.05, 0) is 25.1 Å². The molecule has 0 saturated carbocycles. The molecule has 0 spiro atoms. The fraction of sp³-hybridized carbons (Fsp3) is 0.231. The van der Waals surface area contributed by atoms with Crippen molar-refractivity contribution in [3.05, 3.63) is 48.0 Å². The molecule has 2 aromatic rings. The number of aromatic carboxylic acids is 1. The number of furan rings is 1. The molecule has 94 valence electrons. The summed E-state index contributed by atoms with van der Waals surface area (Å²) in [5.74, 6) is -0.569. The molecular weight excluding hydrogens is 232 g/mol. The summed E-state index contributed by atoms with van der Waals surface area (Å²) in [7, 11) is 0. The molecule has 0 aliphatic carbocycles. The highest BCUT2D eigenvalue weighted by atomic mass is 16.4. The van der Waals surface area contributed by atoms with Crippen LogP contribution in [0.25, 0.3) is 0 Å². The smallest absolute Gasteiger partial charge is 0.371 e. The van der Waals surface area contributed by atoms with E-state index < -0.39 is 5.97 Å². The molecule has 0 saturated heterocycles. The summed E-state index contributed by atoms with van der Waals surface area (Å²) in [4.78, 5) is 16.9. The van der Waals surface area contributed by atoms with E-state index in [-0.39, 0.29) is 5.76 Å². The summed E-state index contributed by atoms with van der Waals surface area (Å²) >= 11 is 0. The quantitative estimate of drug-likeness (QED) is 0.877. The van der Waals surface area contributed by atoms with Crippen LogP contribution in [0.4, 0.5) is 5.88 Å². The van der Waals surface area contributed by atoms with Crippen molar-refractivity contribution in [2.75, 3.05) is 11.4 Å². The van der Waals surface area contributed by atoms with E-state index in [1.807, 2.05) is 30.0 Å². The lowest BCUT2D eigenvalue weighted by atomic mass is 10.3. The van der Waals surface area contributed by atoms with Gasteiger partial charge in [-0.25, -0.2) is 4.79 Å². The molecule has 0 bridgehead atoms. The highest BCUT2D eigenvalue weighted by Crippen LogP contribution is 2.20. The van der Waals surface area contributed by atoms with Crippen LogP contribution in [0.3, 0.4) is 0 Å². The van der Waals surface area contributed by atoms with Gasteiger partial charge in [0.25, 0.3) is 0 Å². The Morgan fingerprint density at radius 1 is 1.39 bits per heavy atom. The molecule has 5 heteroatoms. The number of carboxylic acids is 1. The Morgan fingerprint density at radius 2 is 2.22 bits per heavy atom. The molecule has 0 unspecified atom stereocenters. The van der Waals surface area contributed by atoms with Gasteiger partial charge in [0, 0.05) is 18.8 Å². The van der Waals surface area contributed by atoms with Crippen LogP contribution >= 0.6 is 0 Å². The number of hydrogen-bond donors (Lipinski definition) is 1. The molecule has 1 N–H and O–H groups in total. The second-order valence-corrected chi connectivity index (χ2v) is 3.78. The van der Waals surface area contributed by atoms with E-state index in [1.54, 1.807) is 12.3 Å². The Labute approximate surface area is 105 Å². The van der Waals surface area contributed by atoms with Crippen molar-refractivity contribution in [3.8, 4) is 0 Å². The second-order valence-electron chi connectivity index (χ2n) is 3.78. The predicted octanol–water partition coefficient (Wildman–Crippen LogP) is 2.40. The van der Waals surface area contributed by atoms with Crippen LogP contribution in [-0.4, -0.2) is 22.6 Å². The zero-order valence-electron chi connectivity index (χ0n) is 10.0. The molecule has 0 radical (unpaired) electrons. The lowest BCUT2D eigenvalue weighted by Gasteiger charge is -2.19. The fourth-order valence-electron chi connectivity index (χ4n) is 1.65. The van der Waals surface area contributed by atoms with Crippen molar-refractivity contribution in [1.82, 2.24) is 4.98 Å². The molecule has 5 nitrogen and oxygen atoms in total. The summed E-state index contributed by atoms with van der Waals surface area (Å²) < 4.78 is 5.27. The molecule has 0 atom stereocenters. The Bertz CT molecular complexity index is 522. The Morgan fingerprint density at radius 3 is 2.78 bits per heavy atom. The van der Waals surface area contributed by atoms with Crippen LogP contribution in [0.2, 0.25) is 0 Å². The highest BCUT2D eigenvalue weighted by Gasteiger charge is 2.13. The molecule has 0 aromatic carbocycles. The largest absolute Gasteiger partial charge is 0.475 e. The van der Waals surface area contributed by atoms with E-state index >= 15 is 0 Å². The maximum atomic E-state index is 10.8. The summed E-state index contributed by atoms with van der Waals surface area (Å²) in [5, 5.41) is 8.82. The summed E-state index contributed by atoms with van der Waals surface area (Å²) in [5.41, 5.74) is 0.910. The van der Waals surface area contributed by atoms with Crippen molar-refractivity contribution in [3.63, 3.8) is 0 Å². The summed E-state index contributed by atoms with van der Waals surface area (Å²) in [6.07, 6.45) is 1.73. The maximum Gasteiger partial charge on any atom is 0.371 e. The number of nitrogens with zero attached hydrogens (tertiary/aromatic N) is 2. The minimum absolute atomic E-state index is 0.0514. The van der Waals surface area contributed by atoms with E-state index in [2.05, 4.69) is 4.98 Å². The fourth-order valence-corrected chi connectivity index (χ4v) is 1.65. The van der Waals surface area contributed by atoms with Gasteiger partial charge in [0.05, 0.1) is 12.2 Å². The van der Waals surface area contributed by atoms with Gasteiger partial charge in [-0.2, -0.15) is 0 Å². The monoisotopic (exact) mass is 246 g/mol. The van der Waals surface area contributed by atoms with Crippen molar-refractivity contribution in [2.24, 2.45) is 0 Å². The molecule has 18 heavy (non-hydrogen) atoms. The van der Waals surface area contributed by atoms with Crippen LogP contribution in [-0.2, 0) is 6.54 Å². The molecule has 2 heterocycles. The first kappa shape index (κ1) is 12.2. The van der Waals surface area contributed by atoms with Crippen molar-refractivity contribution >= 4 is 11.9 Å². The van der Waals surface area contributed by atoms with Crippen molar-refractivity contribution in [2.45, 2.75) is 13.5 Å². The van der Waals surface area contributed by atoms with E-state index in [1.165, 1.54) is 6.07 Å². The SMILES string of the molecule is CCN(Cc1ccccn1)c1ccc(C(=O)O)o1. The summed E-state index contributed by atoms with van der Waals surface area (Å²) in [6.45, 7) is 3.28. The highest BCUT2D eigenvalue weighted by molar-refractivity contribution is 5.84. The van der Waals surface area contributed by atoms with Gasteiger partial charge >= 0.3 is 5.97 Å². The van der Waals surface area contributed by atoms with Crippen LogP contribution in [0.15, 0.2) is 40.9 Å². The number of aromatic nitrogens is 1. The average Bonchev–Trinajstić information content (AvgIpc) is 2.87. The van der Waals surface area contributed by atoms with E-state index in [4.69, 9.17) is 9.52 Å². The topological polar surface area (TPSA) is 66.6 Å². The third kappa shape index (κ3) is 2.68. The molecular formula is C13H14N2O3. The van der Waals surface area contributed by atoms with Gasteiger partial charge in [0.2, 0.25) is 5.76 Å². The van der Waals surface area contributed by atoms with Crippen molar-refractivity contribution < 1.29 is 14.3 Å². The van der Waals surface area contributed by atoms with Crippen LogP contribution in [0, 0.1) is 0 Å². The molecule has 0 aliphatic heterocycles. The van der Waals surface area contributed by atoms with Crippen LogP contribution < -0.4 is 4.90 Å². The second kappa shape index (κ2) is 5.35. The average molecular weight is 246 g/mol. The van der Waals surface area contributed by atoms with E-state index in [0.29, 0.717) is 19.0 Å². The van der Waals surface area contributed by atoms with Gasteiger partial charge in [0.15, 0.2) is 5.88 Å². The lowest BCUT2D eigenvalue weighted by molar-refractivity contribution is 0.0663. The van der Waals surface area contributed by atoms with E-state index in [9.17, 15) is 4.79 Å². The predicted molar refractivity (Wildman–Crippen MR) is 66.6 cm³/mol. The van der Waals surface area contributed by atoms with Crippen LogP contribution in [0.1, 0.15) is 23.2 Å². The first-order valence-electron chi connectivity index (χ1n) is 5.68. The maximum absolute atomic E-state index is 10.8. The third-order valence-corrected chi connectivity index (χ3v) is 2.57. The number of carbonyl (C=O) groups is 1. The molecule has 0 aliphatic rings. The van der Waals surface area contributed by atoms with Crippen molar-refractivity contribution in [1.29, 1.82) is 0 Å². The Balaban J connectivity index is 2.15. The number of pyridine rings is 1. The first-order valence-corrected chi connectivity index (χ1v) is 5.68. The third-order valence-electron chi connectivity index (χ3n) is 2.57. The minimum Gasteiger partial charge on any atom is -0.475 e. The van der Waals surface area contributed by atoms with Gasteiger partial charge < -0.3 is 14.4 Å². The standard InChI is InChI=1S/C13H14N2O3/c1-2-15(9-10-5-3-4-8-14-10)12-7-6-11(18-12)13(16)17/h3-8H,2,9H2,1H3,(H,16,17). The molecule has 0 fully saturated rings.